The first-order valence-corrected chi connectivity index (χ1v) is 3.56. The monoisotopic (exact) mass is 156 g/mol. The molecule has 3 heteroatoms. The Labute approximate surface area is 65.7 Å². The standard InChI is InChI=1S/C8H12O3/c1-8(2)4-6(5-11-8)3-7(9)10/h3H,4-5H2,1-2H3,(H,9,10)/b6-3-. The lowest BCUT2D eigenvalue weighted by Crippen LogP contribution is -2.16. The van der Waals surface area contributed by atoms with Gasteiger partial charge in [0.1, 0.15) is 0 Å². The lowest BCUT2D eigenvalue weighted by atomic mass is 10.0. The van der Waals surface area contributed by atoms with Gasteiger partial charge < -0.3 is 9.84 Å². The molecule has 3 nitrogen and oxygen atoms in total. The summed E-state index contributed by atoms with van der Waals surface area (Å²) in [4.78, 5) is 10.2. The number of carbonyl (C=O) groups is 1. The summed E-state index contributed by atoms with van der Waals surface area (Å²) < 4.78 is 5.32. The van der Waals surface area contributed by atoms with E-state index in [1.54, 1.807) is 0 Å². The SMILES string of the molecule is CC1(C)C/C(=C/C(=O)O)CO1. The zero-order chi connectivity index (χ0) is 8.48. The van der Waals surface area contributed by atoms with Gasteiger partial charge in [0.05, 0.1) is 12.2 Å². The topological polar surface area (TPSA) is 46.5 Å². The van der Waals surface area contributed by atoms with Gasteiger partial charge in [-0.3, -0.25) is 0 Å². The number of rotatable bonds is 1. The minimum absolute atomic E-state index is 0.179. The third-order valence-electron chi connectivity index (χ3n) is 1.63. The molecule has 0 bridgehead atoms. The number of ether oxygens (including phenoxy) is 1. The molecule has 0 aromatic carbocycles. The molecule has 0 aliphatic carbocycles. The molecule has 1 heterocycles. The molecular weight excluding hydrogens is 144 g/mol. The quantitative estimate of drug-likeness (QED) is 0.580. The van der Waals surface area contributed by atoms with E-state index in [-0.39, 0.29) is 5.60 Å². The molecule has 0 saturated carbocycles. The summed E-state index contributed by atoms with van der Waals surface area (Å²) in [5.74, 6) is -0.888. The van der Waals surface area contributed by atoms with Crippen molar-refractivity contribution in [2.75, 3.05) is 6.61 Å². The van der Waals surface area contributed by atoms with Crippen LogP contribution in [0.2, 0.25) is 0 Å². The van der Waals surface area contributed by atoms with Crippen molar-refractivity contribution in [2.45, 2.75) is 25.9 Å². The Balaban J connectivity index is 2.61. The fourth-order valence-electron chi connectivity index (χ4n) is 1.20. The smallest absolute Gasteiger partial charge is 0.328 e. The molecule has 1 rings (SSSR count). The van der Waals surface area contributed by atoms with Gasteiger partial charge in [-0.1, -0.05) is 0 Å². The van der Waals surface area contributed by atoms with Gasteiger partial charge in [-0.15, -0.1) is 0 Å². The molecular formula is C8H12O3. The molecule has 0 aromatic heterocycles. The van der Waals surface area contributed by atoms with Crippen LogP contribution in [0, 0.1) is 0 Å². The van der Waals surface area contributed by atoms with Crippen molar-refractivity contribution in [1.82, 2.24) is 0 Å². The van der Waals surface area contributed by atoms with E-state index in [9.17, 15) is 4.79 Å². The van der Waals surface area contributed by atoms with Gasteiger partial charge in [-0.25, -0.2) is 4.79 Å². The van der Waals surface area contributed by atoms with Crippen molar-refractivity contribution < 1.29 is 14.6 Å². The molecule has 0 aromatic rings. The normalized spacial score (nSPS) is 25.8. The van der Waals surface area contributed by atoms with Gasteiger partial charge in [-0.2, -0.15) is 0 Å². The Bertz CT molecular complexity index is 203. The number of carboxylic acids is 1. The van der Waals surface area contributed by atoms with Crippen LogP contribution in [0.4, 0.5) is 0 Å². The van der Waals surface area contributed by atoms with E-state index < -0.39 is 5.97 Å². The van der Waals surface area contributed by atoms with Gasteiger partial charge in [0.15, 0.2) is 0 Å². The van der Waals surface area contributed by atoms with Crippen molar-refractivity contribution in [3.05, 3.63) is 11.6 Å². The molecule has 1 aliphatic heterocycles. The molecule has 0 radical (unpaired) electrons. The van der Waals surface area contributed by atoms with Crippen molar-refractivity contribution in [3.8, 4) is 0 Å². The van der Waals surface area contributed by atoms with Crippen LogP contribution in [-0.4, -0.2) is 23.3 Å². The van der Waals surface area contributed by atoms with Crippen molar-refractivity contribution >= 4 is 5.97 Å². The maximum Gasteiger partial charge on any atom is 0.328 e. The van der Waals surface area contributed by atoms with Gasteiger partial charge in [0.2, 0.25) is 0 Å². The maximum absolute atomic E-state index is 10.2. The van der Waals surface area contributed by atoms with Crippen LogP contribution in [-0.2, 0) is 9.53 Å². The van der Waals surface area contributed by atoms with E-state index in [0.29, 0.717) is 6.61 Å². The molecule has 1 saturated heterocycles. The van der Waals surface area contributed by atoms with Crippen molar-refractivity contribution in [2.24, 2.45) is 0 Å². The fourth-order valence-corrected chi connectivity index (χ4v) is 1.20. The largest absolute Gasteiger partial charge is 0.478 e. The number of hydrogen-bond acceptors (Lipinski definition) is 2. The summed E-state index contributed by atoms with van der Waals surface area (Å²) in [6.45, 7) is 4.37. The third kappa shape index (κ3) is 2.35. The highest BCUT2D eigenvalue weighted by Gasteiger charge is 2.27. The van der Waals surface area contributed by atoms with E-state index in [1.807, 2.05) is 13.8 Å². The molecule has 1 N–H and O–H groups in total. The first kappa shape index (κ1) is 8.27. The fraction of sp³-hybridized carbons (Fsp3) is 0.625. The Morgan fingerprint density at radius 1 is 1.73 bits per heavy atom. The van der Waals surface area contributed by atoms with Crippen LogP contribution in [0.25, 0.3) is 0 Å². The van der Waals surface area contributed by atoms with Crippen LogP contribution >= 0.6 is 0 Å². The van der Waals surface area contributed by atoms with Crippen molar-refractivity contribution in [3.63, 3.8) is 0 Å². The summed E-state index contributed by atoms with van der Waals surface area (Å²) in [6.07, 6.45) is 1.95. The zero-order valence-electron chi connectivity index (χ0n) is 6.76. The zero-order valence-corrected chi connectivity index (χ0v) is 6.76. The molecule has 1 fully saturated rings. The molecule has 0 unspecified atom stereocenters. The Hall–Kier alpha value is -0.830. The molecule has 0 spiro atoms. The highest BCUT2D eigenvalue weighted by Crippen LogP contribution is 2.27. The lowest BCUT2D eigenvalue weighted by molar-refractivity contribution is -0.131. The van der Waals surface area contributed by atoms with Crippen LogP contribution < -0.4 is 0 Å². The predicted molar refractivity (Wildman–Crippen MR) is 40.4 cm³/mol. The van der Waals surface area contributed by atoms with E-state index in [2.05, 4.69) is 0 Å². The maximum atomic E-state index is 10.2. The third-order valence-corrected chi connectivity index (χ3v) is 1.63. The Morgan fingerprint density at radius 2 is 2.36 bits per heavy atom. The van der Waals surface area contributed by atoms with Gasteiger partial charge in [0, 0.05) is 6.08 Å². The molecule has 11 heavy (non-hydrogen) atoms. The first-order chi connectivity index (χ1) is 4.99. The highest BCUT2D eigenvalue weighted by atomic mass is 16.5. The minimum Gasteiger partial charge on any atom is -0.478 e. The van der Waals surface area contributed by atoms with Crippen LogP contribution in [0.15, 0.2) is 11.6 Å². The number of aliphatic carboxylic acids is 1. The van der Waals surface area contributed by atoms with E-state index >= 15 is 0 Å². The minimum atomic E-state index is -0.888. The molecule has 0 amide bonds. The Kier molecular flexibility index (Phi) is 2.00. The molecule has 62 valence electrons. The van der Waals surface area contributed by atoms with Gasteiger partial charge >= 0.3 is 5.97 Å². The Morgan fingerprint density at radius 3 is 2.73 bits per heavy atom. The van der Waals surface area contributed by atoms with E-state index in [0.717, 1.165) is 12.0 Å². The van der Waals surface area contributed by atoms with Crippen LogP contribution in [0.5, 0.6) is 0 Å². The van der Waals surface area contributed by atoms with Gasteiger partial charge in [0.25, 0.3) is 0 Å². The highest BCUT2D eigenvalue weighted by molar-refractivity contribution is 5.80. The van der Waals surface area contributed by atoms with Crippen molar-refractivity contribution in [1.29, 1.82) is 0 Å². The number of carboxylic acid groups (broad SMARTS) is 1. The van der Waals surface area contributed by atoms with Crippen LogP contribution in [0.1, 0.15) is 20.3 Å². The summed E-state index contributed by atoms with van der Waals surface area (Å²) in [5.41, 5.74) is 0.684. The molecule has 0 atom stereocenters. The van der Waals surface area contributed by atoms with Gasteiger partial charge in [-0.05, 0) is 25.8 Å². The summed E-state index contributed by atoms with van der Waals surface area (Å²) in [5, 5.41) is 8.41. The second-order valence-corrected chi connectivity index (χ2v) is 3.37. The summed E-state index contributed by atoms with van der Waals surface area (Å²) in [7, 11) is 0. The second kappa shape index (κ2) is 2.66. The van der Waals surface area contributed by atoms with E-state index in [4.69, 9.17) is 9.84 Å². The predicted octanol–water partition coefficient (Wildman–Crippen LogP) is 1.20. The average molecular weight is 156 g/mol. The van der Waals surface area contributed by atoms with E-state index in [1.165, 1.54) is 6.08 Å². The summed E-state index contributed by atoms with van der Waals surface area (Å²) >= 11 is 0. The first-order valence-electron chi connectivity index (χ1n) is 3.56. The lowest BCUT2D eigenvalue weighted by Gasteiger charge is -2.14. The van der Waals surface area contributed by atoms with Crippen LogP contribution in [0.3, 0.4) is 0 Å². The summed E-state index contributed by atoms with van der Waals surface area (Å²) in [6, 6.07) is 0. The molecule has 1 aliphatic rings. The number of hydrogen-bond donors (Lipinski definition) is 1. The second-order valence-electron chi connectivity index (χ2n) is 3.37. The average Bonchev–Trinajstić information content (AvgIpc) is 2.08.